The molecule has 0 atom stereocenters. The quantitative estimate of drug-likeness (QED) is 0.849. The van der Waals surface area contributed by atoms with Crippen LogP contribution in [0.25, 0.3) is 0 Å². The highest BCUT2D eigenvalue weighted by Gasteiger charge is 2.24. The fraction of sp³-hybridized carbons (Fsp3) is 0.300. The molecule has 0 radical (unpaired) electrons. The first-order valence-corrected chi connectivity index (χ1v) is 5.43. The monoisotopic (exact) mass is 263 g/mol. The zero-order chi connectivity index (χ0) is 11.6. The molecular formula is C10H11Cl2NOS. The number of rotatable bonds is 3. The molecule has 1 rings (SSSR count). The maximum atomic E-state index is 5.94. The highest BCUT2D eigenvalue weighted by molar-refractivity contribution is 7.80. The molecule has 0 fully saturated rings. The molecular weight excluding hydrogens is 253 g/mol. The van der Waals surface area contributed by atoms with Crippen molar-refractivity contribution in [1.82, 2.24) is 0 Å². The Morgan fingerprint density at radius 2 is 2.00 bits per heavy atom. The summed E-state index contributed by atoms with van der Waals surface area (Å²) in [5.74, 6) is 0.474. The molecule has 0 aromatic heterocycles. The minimum Gasteiger partial charge on any atom is -0.479 e. The maximum absolute atomic E-state index is 5.94. The van der Waals surface area contributed by atoms with Gasteiger partial charge in [-0.05, 0) is 26.0 Å². The van der Waals surface area contributed by atoms with Gasteiger partial charge < -0.3 is 10.5 Å². The summed E-state index contributed by atoms with van der Waals surface area (Å²) in [5, 5.41) is 1.02. The molecule has 0 aliphatic carbocycles. The van der Waals surface area contributed by atoms with E-state index in [-0.39, 0.29) is 4.99 Å². The van der Waals surface area contributed by atoms with Gasteiger partial charge in [0.2, 0.25) is 0 Å². The summed E-state index contributed by atoms with van der Waals surface area (Å²) in [7, 11) is 0. The van der Waals surface area contributed by atoms with Gasteiger partial charge in [0, 0.05) is 11.1 Å². The molecule has 15 heavy (non-hydrogen) atoms. The summed E-state index contributed by atoms with van der Waals surface area (Å²) in [6, 6.07) is 4.98. The molecule has 0 unspecified atom stereocenters. The zero-order valence-corrected chi connectivity index (χ0v) is 10.7. The van der Waals surface area contributed by atoms with Crippen molar-refractivity contribution in [3.05, 3.63) is 28.2 Å². The van der Waals surface area contributed by atoms with Crippen molar-refractivity contribution in [3.63, 3.8) is 0 Å². The van der Waals surface area contributed by atoms with Gasteiger partial charge in [-0.2, -0.15) is 0 Å². The lowest BCUT2D eigenvalue weighted by molar-refractivity contribution is 0.184. The molecule has 1 aromatic rings. The SMILES string of the molecule is CC(C)(Oc1cc(Cl)ccc1Cl)C(N)=S. The van der Waals surface area contributed by atoms with Gasteiger partial charge in [0.25, 0.3) is 0 Å². The standard InChI is InChI=1S/C10H11Cl2NOS/c1-10(2,9(13)15)14-8-5-6(11)3-4-7(8)12/h3-5H,1-2H3,(H2,13,15). The number of nitrogens with two attached hydrogens (primary N) is 1. The van der Waals surface area contributed by atoms with Crippen LogP contribution in [0.5, 0.6) is 5.75 Å². The molecule has 0 saturated carbocycles. The van der Waals surface area contributed by atoms with E-state index in [4.69, 9.17) is 45.9 Å². The Hall–Kier alpha value is -0.510. The van der Waals surface area contributed by atoms with E-state index in [9.17, 15) is 0 Å². The summed E-state index contributed by atoms with van der Waals surface area (Å²) in [6.07, 6.45) is 0. The lowest BCUT2D eigenvalue weighted by atomic mass is 10.1. The first-order valence-electron chi connectivity index (χ1n) is 4.27. The van der Waals surface area contributed by atoms with Crippen LogP contribution in [0.15, 0.2) is 18.2 Å². The van der Waals surface area contributed by atoms with Crippen molar-refractivity contribution in [2.24, 2.45) is 5.73 Å². The minimum absolute atomic E-state index is 0.263. The first-order chi connectivity index (χ1) is 6.83. The van der Waals surface area contributed by atoms with E-state index >= 15 is 0 Å². The van der Waals surface area contributed by atoms with Crippen molar-refractivity contribution in [3.8, 4) is 5.75 Å². The second kappa shape index (κ2) is 4.56. The average molecular weight is 264 g/mol. The minimum atomic E-state index is -0.746. The highest BCUT2D eigenvalue weighted by Crippen LogP contribution is 2.30. The lowest BCUT2D eigenvalue weighted by Gasteiger charge is -2.25. The summed E-state index contributed by atoms with van der Waals surface area (Å²) in [6.45, 7) is 3.54. The zero-order valence-electron chi connectivity index (χ0n) is 8.38. The van der Waals surface area contributed by atoms with Crippen LogP contribution in [0.2, 0.25) is 10.0 Å². The van der Waals surface area contributed by atoms with E-state index < -0.39 is 5.60 Å². The molecule has 0 spiro atoms. The van der Waals surface area contributed by atoms with E-state index in [1.54, 1.807) is 32.0 Å². The molecule has 0 saturated heterocycles. The molecule has 82 valence electrons. The molecule has 2 N–H and O–H groups in total. The first kappa shape index (κ1) is 12.6. The molecule has 1 aromatic carbocycles. The van der Waals surface area contributed by atoms with E-state index in [2.05, 4.69) is 0 Å². The predicted octanol–water partition coefficient (Wildman–Crippen LogP) is 3.44. The normalized spacial score (nSPS) is 11.2. The van der Waals surface area contributed by atoms with Crippen molar-refractivity contribution < 1.29 is 4.74 Å². The number of hydrogen-bond acceptors (Lipinski definition) is 2. The summed E-state index contributed by atoms with van der Waals surface area (Å²) in [5.41, 5.74) is 4.79. The third-order valence-corrected chi connectivity index (χ3v) is 2.89. The summed E-state index contributed by atoms with van der Waals surface area (Å²) < 4.78 is 5.59. The van der Waals surface area contributed by atoms with E-state index in [1.165, 1.54) is 0 Å². The van der Waals surface area contributed by atoms with Crippen LogP contribution in [0.3, 0.4) is 0 Å². The smallest absolute Gasteiger partial charge is 0.153 e. The number of ether oxygens (including phenoxy) is 1. The van der Waals surface area contributed by atoms with Crippen LogP contribution in [0.4, 0.5) is 0 Å². The van der Waals surface area contributed by atoms with Crippen molar-refractivity contribution in [1.29, 1.82) is 0 Å². The van der Waals surface area contributed by atoms with Crippen LogP contribution in [0.1, 0.15) is 13.8 Å². The Balaban J connectivity index is 2.99. The van der Waals surface area contributed by atoms with E-state index in [0.717, 1.165) is 0 Å². The Labute approximate surface area is 104 Å². The fourth-order valence-electron chi connectivity index (χ4n) is 0.881. The van der Waals surface area contributed by atoms with Gasteiger partial charge in [0.1, 0.15) is 10.7 Å². The Kier molecular flexibility index (Phi) is 3.82. The van der Waals surface area contributed by atoms with Gasteiger partial charge in [-0.15, -0.1) is 0 Å². The van der Waals surface area contributed by atoms with Gasteiger partial charge in [-0.3, -0.25) is 0 Å². The van der Waals surface area contributed by atoms with Gasteiger partial charge in [0.15, 0.2) is 5.60 Å². The number of benzene rings is 1. The summed E-state index contributed by atoms with van der Waals surface area (Å²) in [4.78, 5) is 0.263. The second-order valence-corrected chi connectivity index (χ2v) is 4.83. The van der Waals surface area contributed by atoms with Gasteiger partial charge >= 0.3 is 0 Å². The lowest BCUT2D eigenvalue weighted by Crippen LogP contribution is -2.42. The maximum Gasteiger partial charge on any atom is 0.153 e. The van der Waals surface area contributed by atoms with E-state index in [0.29, 0.717) is 15.8 Å². The second-order valence-electron chi connectivity index (χ2n) is 3.55. The fourth-order valence-corrected chi connectivity index (χ4v) is 1.24. The molecule has 2 nitrogen and oxygen atoms in total. The van der Waals surface area contributed by atoms with Crippen LogP contribution in [-0.4, -0.2) is 10.6 Å². The van der Waals surface area contributed by atoms with Crippen LogP contribution in [-0.2, 0) is 0 Å². The molecule has 0 amide bonds. The van der Waals surface area contributed by atoms with Crippen LogP contribution in [0, 0.1) is 0 Å². The highest BCUT2D eigenvalue weighted by atomic mass is 35.5. The summed E-state index contributed by atoms with van der Waals surface area (Å²) >= 11 is 16.6. The molecule has 0 aliphatic rings. The molecule has 0 aliphatic heterocycles. The number of hydrogen-bond donors (Lipinski definition) is 1. The average Bonchev–Trinajstić information content (AvgIpc) is 2.10. The molecule has 5 heteroatoms. The van der Waals surface area contributed by atoms with Crippen LogP contribution >= 0.6 is 35.4 Å². The van der Waals surface area contributed by atoms with Crippen molar-refractivity contribution in [2.45, 2.75) is 19.4 Å². The van der Waals surface area contributed by atoms with Gasteiger partial charge in [-0.25, -0.2) is 0 Å². The Morgan fingerprint density at radius 1 is 1.40 bits per heavy atom. The van der Waals surface area contributed by atoms with Crippen molar-refractivity contribution in [2.75, 3.05) is 0 Å². The number of halogens is 2. The Morgan fingerprint density at radius 3 is 2.53 bits per heavy atom. The largest absolute Gasteiger partial charge is 0.479 e. The molecule has 0 heterocycles. The van der Waals surface area contributed by atoms with Gasteiger partial charge in [0.05, 0.1) is 5.02 Å². The Bertz CT molecular complexity index is 393. The predicted molar refractivity (Wildman–Crippen MR) is 68.0 cm³/mol. The van der Waals surface area contributed by atoms with E-state index in [1.807, 2.05) is 0 Å². The number of thiocarbonyl (C=S) groups is 1. The third kappa shape index (κ3) is 3.23. The topological polar surface area (TPSA) is 35.2 Å². The third-order valence-electron chi connectivity index (χ3n) is 1.85. The van der Waals surface area contributed by atoms with Gasteiger partial charge in [-0.1, -0.05) is 35.4 Å². The van der Waals surface area contributed by atoms with Crippen LogP contribution < -0.4 is 10.5 Å². The van der Waals surface area contributed by atoms with Crippen molar-refractivity contribution >= 4 is 40.4 Å². The molecule has 0 bridgehead atoms.